The standard InChI is InChI=1S/C25H21NO2/c1-27-23-16-13-20(17-24(23)28-2)22-15-14-21(18-9-5-3-6-10-18)25(26-22)19-11-7-4-8-12-19/h3-17H,1-2H3. The molecule has 1 aromatic heterocycles. The Morgan fingerprint density at radius 2 is 1.21 bits per heavy atom. The molecule has 0 N–H and O–H groups in total. The molecule has 138 valence electrons. The van der Waals surface area contributed by atoms with Gasteiger partial charge in [-0.05, 0) is 29.8 Å². The van der Waals surface area contributed by atoms with Gasteiger partial charge in [0.1, 0.15) is 0 Å². The Labute approximate surface area is 165 Å². The molecule has 0 unspecified atom stereocenters. The summed E-state index contributed by atoms with van der Waals surface area (Å²) in [5.74, 6) is 1.39. The van der Waals surface area contributed by atoms with Gasteiger partial charge >= 0.3 is 0 Å². The molecule has 3 aromatic carbocycles. The van der Waals surface area contributed by atoms with Gasteiger partial charge in [0.25, 0.3) is 0 Å². The van der Waals surface area contributed by atoms with E-state index in [-0.39, 0.29) is 0 Å². The first-order chi connectivity index (χ1) is 13.8. The summed E-state index contributed by atoms with van der Waals surface area (Å²) in [4.78, 5) is 5.02. The molecule has 4 rings (SSSR count). The molecule has 3 heteroatoms. The number of aromatic nitrogens is 1. The van der Waals surface area contributed by atoms with E-state index in [1.54, 1.807) is 14.2 Å². The smallest absolute Gasteiger partial charge is 0.161 e. The van der Waals surface area contributed by atoms with Crippen molar-refractivity contribution in [3.63, 3.8) is 0 Å². The molecule has 0 fully saturated rings. The van der Waals surface area contributed by atoms with E-state index in [1.807, 2.05) is 54.6 Å². The quantitative estimate of drug-likeness (QED) is 0.427. The number of hydrogen-bond donors (Lipinski definition) is 0. The summed E-state index contributed by atoms with van der Waals surface area (Å²) in [7, 11) is 3.28. The minimum atomic E-state index is 0.690. The number of ether oxygens (including phenoxy) is 2. The highest BCUT2D eigenvalue weighted by molar-refractivity contribution is 5.83. The second-order valence-corrected chi connectivity index (χ2v) is 6.39. The molecule has 0 saturated heterocycles. The topological polar surface area (TPSA) is 31.4 Å². The van der Waals surface area contributed by atoms with Crippen LogP contribution < -0.4 is 9.47 Å². The molecule has 0 aliphatic carbocycles. The number of rotatable bonds is 5. The van der Waals surface area contributed by atoms with Gasteiger partial charge in [-0.1, -0.05) is 66.7 Å². The Kier molecular flexibility index (Phi) is 5.07. The summed E-state index contributed by atoms with van der Waals surface area (Å²) in [6.07, 6.45) is 0. The average molecular weight is 367 g/mol. The molecule has 0 bridgehead atoms. The van der Waals surface area contributed by atoms with Gasteiger partial charge in [0.05, 0.1) is 25.6 Å². The first kappa shape index (κ1) is 17.8. The minimum Gasteiger partial charge on any atom is -0.493 e. The molecule has 4 aromatic rings. The summed E-state index contributed by atoms with van der Waals surface area (Å²) in [6, 6.07) is 30.7. The second-order valence-electron chi connectivity index (χ2n) is 6.39. The summed E-state index contributed by atoms with van der Waals surface area (Å²) in [5.41, 5.74) is 6.17. The molecular weight excluding hydrogens is 346 g/mol. The van der Waals surface area contributed by atoms with Crippen molar-refractivity contribution in [2.75, 3.05) is 14.2 Å². The summed E-state index contributed by atoms with van der Waals surface area (Å²) < 4.78 is 10.8. The fourth-order valence-electron chi connectivity index (χ4n) is 3.28. The first-order valence-corrected chi connectivity index (χ1v) is 9.14. The van der Waals surface area contributed by atoms with Crippen molar-refractivity contribution in [3.8, 4) is 45.1 Å². The lowest BCUT2D eigenvalue weighted by Crippen LogP contribution is -1.94. The molecule has 0 aliphatic rings. The van der Waals surface area contributed by atoms with Crippen LogP contribution in [0.4, 0.5) is 0 Å². The third kappa shape index (κ3) is 3.47. The minimum absolute atomic E-state index is 0.690. The van der Waals surface area contributed by atoms with Crippen molar-refractivity contribution in [1.29, 1.82) is 0 Å². The highest BCUT2D eigenvalue weighted by Gasteiger charge is 2.13. The van der Waals surface area contributed by atoms with Crippen LogP contribution in [0.15, 0.2) is 91.0 Å². The van der Waals surface area contributed by atoms with Gasteiger partial charge in [-0.15, -0.1) is 0 Å². The molecule has 0 radical (unpaired) electrons. The largest absolute Gasteiger partial charge is 0.493 e. The molecule has 0 spiro atoms. The normalized spacial score (nSPS) is 10.5. The van der Waals surface area contributed by atoms with Crippen LogP contribution >= 0.6 is 0 Å². The summed E-state index contributed by atoms with van der Waals surface area (Å²) >= 11 is 0. The van der Waals surface area contributed by atoms with E-state index in [2.05, 4.69) is 36.4 Å². The van der Waals surface area contributed by atoms with Crippen LogP contribution in [-0.2, 0) is 0 Å². The number of methoxy groups -OCH3 is 2. The fourth-order valence-corrected chi connectivity index (χ4v) is 3.28. The number of pyridine rings is 1. The molecule has 0 aliphatic heterocycles. The molecule has 28 heavy (non-hydrogen) atoms. The van der Waals surface area contributed by atoms with Gasteiger partial charge in [-0.2, -0.15) is 0 Å². The van der Waals surface area contributed by atoms with Crippen LogP contribution in [0.5, 0.6) is 11.5 Å². The fraction of sp³-hybridized carbons (Fsp3) is 0.0800. The van der Waals surface area contributed by atoms with Gasteiger partial charge in [-0.25, -0.2) is 4.98 Å². The van der Waals surface area contributed by atoms with Crippen LogP contribution in [0, 0.1) is 0 Å². The van der Waals surface area contributed by atoms with Crippen molar-refractivity contribution < 1.29 is 9.47 Å². The lowest BCUT2D eigenvalue weighted by atomic mass is 9.98. The monoisotopic (exact) mass is 367 g/mol. The number of hydrogen-bond acceptors (Lipinski definition) is 3. The molecule has 0 atom stereocenters. The van der Waals surface area contributed by atoms with Crippen LogP contribution in [0.2, 0.25) is 0 Å². The zero-order valence-corrected chi connectivity index (χ0v) is 15.9. The third-order valence-electron chi connectivity index (χ3n) is 4.71. The zero-order valence-electron chi connectivity index (χ0n) is 15.9. The maximum Gasteiger partial charge on any atom is 0.161 e. The van der Waals surface area contributed by atoms with Gasteiger partial charge in [-0.3, -0.25) is 0 Å². The van der Waals surface area contributed by atoms with E-state index in [0.717, 1.165) is 33.6 Å². The lowest BCUT2D eigenvalue weighted by molar-refractivity contribution is 0.355. The number of benzene rings is 3. The lowest BCUT2D eigenvalue weighted by Gasteiger charge is -2.13. The third-order valence-corrected chi connectivity index (χ3v) is 4.71. The van der Waals surface area contributed by atoms with E-state index in [1.165, 1.54) is 0 Å². The maximum absolute atomic E-state index is 5.45. The first-order valence-electron chi connectivity index (χ1n) is 9.14. The molecule has 1 heterocycles. The highest BCUT2D eigenvalue weighted by atomic mass is 16.5. The van der Waals surface area contributed by atoms with Gasteiger partial charge in [0.15, 0.2) is 11.5 Å². The molecular formula is C25H21NO2. The van der Waals surface area contributed by atoms with Crippen molar-refractivity contribution in [2.45, 2.75) is 0 Å². The zero-order chi connectivity index (χ0) is 19.3. The van der Waals surface area contributed by atoms with Crippen molar-refractivity contribution >= 4 is 0 Å². The predicted octanol–water partition coefficient (Wildman–Crippen LogP) is 6.10. The van der Waals surface area contributed by atoms with Gasteiger partial charge in [0, 0.05) is 16.7 Å². The summed E-state index contributed by atoms with van der Waals surface area (Å²) in [5, 5.41) is 0. The Bertz CT molecular complexity index is 1080. The Morgan fingerprint density at radius 1 is 0.571 bits per heavy atom. The van der Waals surface area contributed by atoms with E-state index in [0.29, 0.717) is 11.5 Å². The van der Waals surface area contributed by atoms with Gasteiger partial charge < -0.3 is 9.47 Å². The molecule has 0 amide bonds. The average Bonchev–Trinajstić information content (AvgIpc) is 2.79. The Morgan fingerprint density at radius 3 is 1.86 bits per heavy atom. The number of nitrogens with zero attached hydrogens (tertiary/aromatic N) is 1. The summed E-state index contributed by atoms with van der Waals surface area (Å²) in [6.45, 7) is 0. The van der Waals surface area contributed by atoms with Crippen molar-refractivity contribution in [3.05, 3.63) is 91.0 Å². The van der Waals surface area contributed by atoms with E-state index < -0.39 is 0 Å². The van der Waals surface area contributed by atoms with Crippen LogP contribution in [0.1, 0.15) is 0 Å². The van der Waals surface area contributed by atoms with Crippen LogP contribution in [-0.4, -0.2) is 19.2 Å². The maximum atomic E-state index is 5.45. The van der Waals surface area contributed by atoms with Crippen LogP contribution in [0.3, 0.4) is 0 Å². The van der Waals surface area contributed by atoms with E-state index >= 15 is 0 Å². The van der Waals surface area contributed by atoms with Crippen molar-refractivity contribution in [2.24, 2.45) is 0 Å². The van der Waals surface area contributed by atoms with E-state index in [9.17, 15) is 0 Å². The van der Waals surface area contributed by atoms with Crippen molar-refractivity contribution in [1.82, 2.24) is 4.98 Å². The van der Waals surface area contributed by atoms with Crippen LogP contribution in [0.25, 0.3) is 33.6 Å². The predicted molar refractivity (Wildman–Crippen MR) is 114 cm³/mol. The second kappa shape index (κ2) is 7.97. The molecule has 0 saturated carbocycles. The highest BCUT2D eigenvalue weighted by Crippen LogP contribution is 2.35. The SMILES string of the molecule is COc1ccc(-c2ccc(-c3ccccc3)c(-c3ccccc3)n2)cc1OC. The Balaban J connectivity index is 1.88. The Hall–Kier alpha value is -3.59. The molecule has 3 nitrogen and oxygen atoms in total. The van der Waals surface area contributed by atoms with E-state index in [4.69, 9.17) is 14.5 Å². The van der Waals surface area contributed by atoms with Gasteiger partial charge in [0.2, 0.25) is 0 Å².